The zero-order valence-corrected chi connectivity index (χ0v) is 13.8. The van der Waals surface area contributed by atoms with Crippen molar-refractivity contribution in [3.63, 3.8) is 0 Å². The van der Waals surface area contributed by atoms with E-state index in [4.69, 9.17) is 10.5 Å². The Morgan fingerprint density at radius 3 is 2.65 bits per heavy atom. The summed E-state index contributed by atoms with van der Waals surface area (Å²) in [5, 5.41) is 0. The first-order valence-electron chi connectivity index (χ1n) is 7.99. The molecule has 23 heavy (non-hydrogen) atoms. The van der Waals surface area contributed by atoms with Crippen molar-refractivity contribution in [2.75, 3.05) is 19.6 Å². The summed E-state index contributed by atoms with van der Waals surface area (Å²) >= 11 is 0. The van der Waals surface area contributed by atoms with Crippen molar-refractivity contribution in [1.29, 1.82) is 0 Å². The van der Waals surface area contributed by atoms with Crippen LogP contribution in [0.3, 0.4) is 0 Å². The monoisotopic (exact) mass is 319 g/mol. The Kier molecular flexibility index (Phi) is 5.98. The highest BCUT2D eigenvalue weighted by Crippen LogP contribution is 2.19. The fourth-order valence-electron chi connectivity index (χ4n) is 2.96. The quantitative estimate of drug-likeness (QED) is 0.894. The van der Waals surface area contributed by atoms with Gasteiger partial charge in [0.15, 0.2) is 0 Å². The Morgan fingerprint density at radius 1 is 1.35 bits per heavy atom. The second kappa shape index (κ2) is 7.97. The Labute approximate surface area is 137 Å². The van der Waals surface area contributed by atoms with Gasteiger partial charge in [-0.15, -0.1) is 0 Å². The summed E-state index contributed by atoms with van der Waals surface area (Å²) in [6.07, 6.45) is 0.421. The molecular formula is C17H25N3O3. The maximum Gasteiger partial charge on any atom is 0.410 e. The van der Waals surface area contributed by atoms with Crippen LogP contribution < -0.4 is 5.73 Å². The molecule has 0 aliphatic carbocycles. The van der Waals surface area contributed by atoms with Crippen molar-refractivity contribution in [2.45, 2.75) is 39.0 Å². The first-order chi connectivity index (χ1) is 11.0. The molecule has 1 heterocycles. The molecule has 1 atom stereocenters. The first-order valence-corrected chi connectivity index (χ1v) is 7.99. The Morgan fingerprint density at radius 2 is 2.04 bits per heavy atom. The van der Waals surface area contributed by atoms with E-state index in [2.05, 4.69) is 0 Å². The van der Waals surface area contributed by atoms with Crippen LogP contribution in [0.25, 0.3) is 0 Å². The second-order valence-corrected chi connectivity index (χ2v) is 6.03. The minimum Gasteiger partial charge on any atom is -0.445 e. The van der Waals surface area contributed by atoms with E-state index in [0.717, 1.165) is 12.0 Å². The largest absolute Gasteiger partial charge is 0.445 e. The van der Waals surface area contributed by atoms with Crippen LogP contribution >= 0.6 is 0 Å². The number of benzene rings is 1. The van der Waals surface area contributed by atoms with Gasteiger partial charge in [0.05, 0.1) is 12.6 Å². The van der Waals surface area contributed by atoms with E-state index in [1.165, 1.54) is 0 Å². The first kappa shape index (κ1) is 17.3. The predicted octanol–water partition coefficient (Wildman–Crippen LogP) is 1.59. The number of rotatable bonds is 5. The number of hydrogen-bond acceptors (Lipinski definition) is 4. The molecule has 1 aliphatic rings. The molecule has 1 aromatic carbocycles. The van der Waals surface area contributed by atoms with E-state index in [1.807, 2.05) is 44.2 Å². The summed E-state index contributed by atoms with van der Waals surface area (Å²) in [6.45, 7) is 5.27. The molecule has 2 rings (SSSR count). The van der Waals surface area contributed by atoms with Gasteiger partial charge in [-0.1, -0.05) is 30.3 Å². The number of ether oxygens (including phenoxy) is 1. The molecule has 0 spiro atoms. The molecule has 0 unspecified atom stereocenters. The average Bonchev–Trinajstić information content (AvgIpc) is 3.02. The number of carbonyl (C=O) groups is 2. The van der Waals surface area contributed by atoms with Gasteiger partial charge in [0.1, 0.15) is 6.61 Å². The average molecular weight is 319 g/mol. The van der Waals surface area contributed by atoms with Gasteiger partial charge in [-0.2, -0.15) is 0 Å². The zero-order chi connectivity index (χ0) is 16.8. The third-order valence-electron chi connectivity index (χ3n) is 4.04. The van der Waals surface area contributed by atoms with E-state index in [9.17, 15) is 9.59 Å². The molecule has 2 amide bonds. The molecule has 1 fully saturated rings. The molecule has 126 valence electrons. The maximum absolute atomic E-state index is 12.2. The SMILES string of the molecule is CC(C)N(C(=O)CN)[C@@H]1CCN(C(=O)OCc2ccccc2)C1. The summed E-state index contributed by atoms with van der Waals surface area (Å²) in [4.78, 5) is 27.6. The highest BCUT2D eigenvalue weighted by Gasteiger charge is 2.34. The summed E-state index contributed by atoms with van der Waals surface area (Å²) < 4.78 is 5.35. The molecule has 1 saturated heterocycles. The third-order valence-corrected chi connectivity index (χ3v) is 4.04. The Bertz CT molecular complexity index is 533. The number of carbonyl (C=O) groups excluding carboxylic acids is 2. The molecule has 6 heteroatoms. The lowest BCUT2D eigenvalue weighted by Gasteiger charge is -2.32. The van der Waals surface area contributed by atoms with Gasteiger partial charge in [0, 0.05) is 19.1 Å². The molecule has 2 N–H and O–H groups in total. The van der Waals surface area contributed by atoms with Gasteiger partial charge in [-0.25, -0.2) is 4.79 Å². The molecule has 0 aromatic heterocycles. The van der Waals surface area contributed by atoms with Crippen molar-refractivity contribution in [3.8, 4) is 0 Å². The Hall–Kier alpha value is -2.08. The lowest BCUT2D eigenvalue weighted by Crippen LogP contribution is -2.48. The van der Waals surface area contributed by atoms with E-state index >= 15 is 0 Å². The van der Waals surface area contributed by atoms with Crippen molar-refractivity contribution >= 4 is 12.0 Å². The summed E-state index contributed by atoms with van der Waals surface area (Å²) in [5.74, 6) is -0.0792. The van der Waals surface area contributed by atoms with Crippen LogP contribution in [-0.4, -0.2) is 53.5 Å². The van der Waals surface area contributed by atoms with Crippen molar-refractivity contribution in [2.24, 2.45) is 5.73 Å². The topological polar surface area (TPSA) is 75.9 Å². The zero-order valence-electron chi connectivity index (χ0n) is 13.8. The fourth-order valence-corrected chi connectivity index (χ4v) is 2.96. The van der Waals surface area contributed by atoms with Crippen LogP contribution in [0, 0.1) is 0 Å². The van der Waals surface area contributed by atoms with Gasteiger partial charge >= 0.3 is 6.09 Å². The van der Waals surface area contributed by atoms with Gasteiger partial charge in [-0.3, -0.25) is 4.79 Å². The minimum atomic E-state index is -0.333. The van der Waals surface area contributed by atoms with Crippen LogP contribution in [0.4, 0.5) is 4.79 Å². The number of hydrogen-bond donors (Lipinski definition) is 1. The summed E-state index contributed by atoms with van der Waals surface area (Å²) in [7, 11) is 0. The van der Waals surface area contributed by atoms with E-state index in [-0.39, 0.29) is 37.2 Å². The molecule has 0 radical (unpaired) electrons. The standard InChI is InChI=1S/C17H25N3O3/c1-13(2)20(16(21)10-18)15-8-9-19(11-15)17(22)23-12-14-6-4-3-5-7-14/h3-7,13,15H,8-12,18H2,1-2H3/t15-/m1/s1. The smallest absolute Gasteiger partial charge is 0.410 e. The van der Waals surface area contributed by atoms with Gasteiger partial charge < -0.3 is 20.3 Å². The van der Waals surface area contributed by atoms with Crippen LogP contribution in [0.1, 0.15) is 25.8 Å². The number of nitrogens with two attached hydrogens (primary N) is 1. The summed E-state index contributed by atoms with van der Waals surface area (Å²) in [5.41, 5.74) is 6.45. The van der Waals surface area contributed by atoms with Crippen molar-refractivity contribution in [1.82, 2.24) is 9.80 Å². The van der Waals surface area contributed by atoms with Crippen LogP contribution in [0.5, 0.6) is 0 Å². The molecule has 1 aliphatic heterocycles. The van der Waals surface area contributed by atoms with E-state index in [1.54, 1.807) is 9.80 Å². The molecule has 0 saturated carbocycles. The highest BCUT2D eigenvalue weighted by atomic mass is 16.6. The minimum absolute atomic E-state index is 0.00681. The predicted molar refractivity (Wildman–Crippen MR) is 87.6 cm³/mol. The van der Waals surface area contributed by atoms with Crippen LogP contribution in [0.15, 0.2) is 30.3 Å². The lowest BCUT2D eigenvalue weighted by molar-refractivity contribution is -0.133. The molecule has 0 bridgehead atoms. The normalized spacial score (nSPS) is 17.4. The lowest BCUT2D eigenvalue weighted by atomic mass is 10.1. The van der Waals surface area contributed by atoms with Gasteiger partial charge in [0.25, 0.3) is 0 Å². The summed E-state index contributed by atoms with van der Waals surface area (Å²) in [6, 6.07) is 9.65. The van der Waals surface area contributed by atoms with Crippen LogP contribution in [-0.2, 0) is 16.1 Å². The fraction of sp³-hybridized carbons (Fsp3) is 0.529. The number of likely N-dealkylation sites (tertiary alicyclic amines) is 1. The van der Waals surface area contributed by atoms with Crippen molar-refractivity contribution in [3.05, 3.63) is 35.9 Å². The van der Waals surface area contributed by atoms with Gasteiger partial charge in [-0.05, 0) is 25.8 Å². The van der Waals surface area contributed by atoms with Gasteiger partial charge in [0.2, 0.25) is 5.91 Å². The molecule has 6 nitrogen and oxygen atoms in total. The van der Waals surface area contributed by atoms with Crippen molar-refractivity contribution < 1.29 is 14.3 Å². The third kappa shape index (κ3) is 4.45. The second-order valence-electron chi connectivity index (χ2n) is 6.03. The number of nitrogens with zero attached hydrogens (tertiary/aromatic N) is 2. The van der Waals surface area contributed by atoms with Crippen LogP contribution in [0.2, 0.25) is 0 Å². The highest BCUT2D eigenvalue weighted by molar-refractivity contribution is 5.79. The Balaban J connectivity index is 1.88. The number of amides is 2. The van der Waals surface area contributed by atoms with E-state index in [0.29, 0.717) is 13.1 Å². The maximum atomic E-state index is 12.2. The van der Waals surface area contributed by atoms with E-state index < -0.39 is 0 Å². The molecular weight excluding hydrogens is 294 g/mol. The molecule has 1 aromatic rings.